The summed E-state index contributed by atoms with van der Waals surface area (Å²) < 4.78 is 1.76. The fourth-order valence-corrected chi connectivity index (χ4v) is 5.30. The van der Waals surface area contributed by atoms with Crippen LogP contribution in [0.3, 0.4) is 0 Å². The zero-order chi connectivity index (χ0) is 18.1. The molecule has 0 saturated heterocycles. The van der Waals surface area contributed by atoms with Gasteiger partial charge in [-0.25, -0.2) is 4.98 Å². The van der Waals surface area contributed by atoms with Gasteiger partial charge in [0.15, 0.2) is 5.16 Å². The molecule has 7 heteroatoms. The van der Waals surface area contributed by atoms with Gasteiger partial charge in [-0.15, -0.1) is 11.3 Å². The van der Waals surface area contributed by atoms with Crippen molar-refractivity contribution in [2.75, 3.05) is 0 Å². The lowest BCUT2D eigenvalue weighted by molar-refractivity contribution is -0.117. The van der Waals surface area contributed by atoms with E-state index in [9.17, 15) is 9.59 Å². The van der Waals surface area contributed by atoms with E-state index in [1.54, 1.807) is 22.8 Å². The summed E-state index contributed by atoms with van der Waals surface area (Å²) in [5.41, 5.74) is 6.67. The molecule has 1 amide bonds. The van der Waals surface area contributed by atoms with Gasteiger partial charge in [-0.2, -0.15) is 0 Å². The number of hydrogen-bond acceptors (Lipinski definition) is 5. The Labute approximate surface area is 156 Å². The third kappa shape index (κ3) is 3.77. The number of aryl methyl sites for hydroxylation is 2. The Balaban J connectivity index is 2.13. The van der Waals surface area contributed by atoms with Crippen molar-refractivity contribution in [2.45, 2.75) is 69.8 Å². The number of rotatable bonds is 6. The molecule has 0 fully saturated rings. The Hall–Kier alpha value is -1.34. The summed E-state index contributed by atoms with van der Waals surface area (Å²) in [7, 11) is 0. The number of fused-ring (bicyclic) bond motifs is 3. The molecular weight excluding hydrogens is 354 g/mol. The fourth-order valence-electron chi connectivity index (χ4n) is 3.11. The number of primary amides is 1. The molecule has 0 spiro atoms. The normalized spacial score (nSPS) is 15.5. The first-order valence-electron chi connectivity index (χ1n) is 8.89. The minimum Gasteiger partial charge on any atom is -0.369 e. The van der Waals surface area contributed by atoms with Crippen LogP contribution in [-0.2, 0) is 24.2 Å². The lowest BCUT2D eigenvalue weighted by Gasteiger charge is -2.15. The van der Waals surface area contributed by atoms with Crippen LogP contribution in [0.5, 0.6) is 0 Å². The molecule has 3 rings (SSSR count). The zero-order valence-electron chi connectivity index (χ0n) is 15.0. The van der Waals surface area contributed by atoms with Gasteiger partial charge in [0.25, 0.3) is 5.56 Å². The molecule has 0 aromatic carbocycles. The van der Waals surface area contributed by atoms with Crippen molar-refractivity contribution >= 4 is 39.2 Å². The summed E-state index contributed by atoms with van der Waals surface area (Å²) in [6, 6.07) is 0. The Morgan fingerprint density at radius 2 is 2.04 bits per heavy atom. The second kappa shape index (κ2) is 7.50. The van der Waals surface area contributed by atoms with Crippen LogP contribution in [0.1, 0.15) is 50.5 Å². The van der Waals surface area contributed by atoms with Crippen LogP contribution in [0.25, 0.3) is 10.2 Å². The molecule has 1 atom stereocenters. The summed E-state index contributed by atoms with van der Waals surface area (Å²) in [4.78, 5) is 31.6. The maximum absolute atomic E-state index is 13.2. The van der Waals surface area contributed by atoms with Crippen LogP contribution in [0.15, 0.2) is 9.95 Å². The van der Waals surface area contributed by atoms with Crippen LogP contribution >= 0.6 is 23.1 Å². The summed E-state index contributed by atoms with van der Waals surface area (Å²) in [6.07, 6.45) is 5.24. The number of nitrogens with two attached hydrogens (primary N) is 1. The number of nitrogens with zero attached hydrogens (tertiary/aromatic N) is 2. The minimum absolute atomic E-state index is 0.0456. The highest BCUT2D eigenvalue weighted by molar-refractivity contribution is 8.00. The highest BCUT2D eigenvalue weighted by atomic mass is 32.2. The molecule has 136 valence electrons. The largest absolute Gasteiger partial charge is 0.369 e. The van der Waals surface area contributed by atoms with E-state index in [0.717, 1.165) is 35.9 Å². The molecule has 5 nitrogen and oxygen atoms in total. The molecule has 0 unspecified atom stereocenters. The average molecular weight is 380 g/mol. The summed E-state index contributed by atoms with van der Waals surface area (Å²) in [6.45, 7) is 6.66. The number of aromatic nitrogens is 2. The third-order valence-corrected chi connectivity index (χ3v) is 6.95. The lowest BCUT2D eigenvalue weighted by Crippen LogP contribution is -2.27. The first-order chi connectivity index (χ1) is 11.9. The molecule has 0 aliphatic heterocycles. The minimum atomic E-state index is -0.413. The quantitative estimate of drug-likeness (QED) is 0.617. The van der Waals surface area contributed by atoms with E-state index in [1.165, 1.54) is 28.6 Å². The van der Waals surface area contributed by atoms with Crippen molar-refractivity contribution in [1.29, 1.82) is 0 Å². The first-order valence-corrected chi connectivity index (χ1v) is 10.6. The van der Waals surface area contributed by atoms with E-state index >= 15 is 0 Å². The molecule has 2 aromatic heterocycles. The number of carbonyl (C=O) groups is 1. The zero-order valence-corrected chi connectivity index (χ0v) is 16.6. The van der Waals surface area contributed by atoms with Gasteiger partial charge in [0.2, 0.25) is 5.91 Å². The third-order valence-electron chi connectivity index (χ3n) is 4.65. The van der Waals surface area contributed by atoms with Crippen molar-refractivity contribution in [3.8, 4) is 0 Å². The Kier molecular flexibility index (Phi) is 5.53. The van der Waals surface area contributed by atoms with E-state index in [-0.39, 0.29) is 11.5 Å². The maximum Gasteiger partial charge on any atom is 0.263 e. The van der Waals surface area contributed by atoms with Gasteiger partial charge in [0.1, 0.15) is 4.83 Å². The number of amides is 1. The predicted octanol–water partition coefficient (Wildman–Crippen LogP) is 3.35. The Bertz CT molecular complexity index is 854. The molecule has 25 heavy (non-hydrogen) atoms. The highest BCUT2D eigenvalue weighted by Gasteiger charge is 2.23. The van der Waals surface area contributed by atoms with Crippen LogP contribution in [0, 0.1) is 5.92 Å². The van der Waals surface area contributed by atoms with Gasteiger partial charge in [-0.3, -0.25) is 14.2 Å². The molecular formula is C18H25N3O2S2. The van der Waals surface area contributed by atoms with Crippen LogP contribution in [0.4, 0.5) is 0 Å². The van der Waals surface area contributed by atoms with Gasteiger partial charge >= 0.3 is 0 Å². The van der Waals surface area contributed by atoms with Crippen LogP contribution in [0.2, 0.25) is 0 Å². The van der Waals surface area contributed by atoms with E-state index in [2.05, 4.69) is 13.8 Å². The molecule has 0 radical (unpaired) electrons. The van der Waals surface area contributed by atoms with E-state index in [1.807, 2.05) is 0 Å². The van der Waals surface area contributed by atoms with Gasteiger partial charge in [-0.1, -0.05) is 25.6 Å². The van der Waals surface area contributed by atoms with Crippen molar-refractivity contribution in [3.05, 3.63) is 20.8 Å². The van der Waals surface area contributed by atoms with Crippen LogP contribution in [-0.4, -0.2) is 20.7 Å². The van der Waals surface area contributed by atoms with Gasteiger partial charge in [0, 0.05) is 11.4 Å². The van der Waals surface area contributed by atoms with Crippen molar-refractivity contribution in [1.82, 2.24) is 9.55 Å². The number of hydrogen-bond donors (Lipinski definition) is 1. The van der Waals surface area contributed by atoms with E-state index in [4.69, 9.17) is 10.7 Å². The highest BCUT2D eigenvalue weighted by Crippen LogP contribution is 2.35. The Morgan fingerprint density at radius 3 is 2.72 bits per heavy atom. The maximum atomic E-state index is 13.2. The van der Waals surface area contributed by atoms with Gasteiger partial charge < -0.3 is 5.73 Å². The number of thioether (sulfide) groups is 1. The summed E-state index contributed by atoms with van der Waals surface area (Å²) >= 11 is 2.93. The van der Waals surface area contributed by atoms with Crippen molar-refractivity contribution < 1.29 is 4.79 Å². The molecule has 2 N–H and O–H groups in total. The monoisotopic (exact) mass is 379 g/mol. The topological polar surface area (TPSA) is 78.0 Å². The van der Waals surface area contributed by atoms with Gasteiger partial charge in [-0.05, 0) is 50.5 Å². The van der Waals surface area contributed by atoms with E-state index < -0.39 is 5.25 Å². The van der Waals surface area contributed by atoms with Gasteiger partial charge in [0.05, 0.1) is 10.6 Å². The Morgan fingerprint density at radius 1 is 1.32 bits per heavy atom. The SMILES string of the molecule is CC(C)CCn1c(S[C@@H](C)C(N)=O)nc2sc3c(c2c1=O)CCCC3. The van der Waals surface area contributed by atoms with Crippen LogP contribution < -0.4 is 11.3 Å². The second-order valence-corrected chi connectivity index (χ2v) is 9.48. The average Bonchev–Trinajstić information content (AvgIpc) is 2.92. The smallest absolute Gasteiger partial charge is 0.263 e. The molecule has 2 aromatic rings. The standard InChI is InChI=1S/C18H25N3O2S2/c1-10(2)8-9-21-17(23)14-12-6-4-5-7-13(12)25-16(14)20-18(21)24-11(3)15(19)22/h10-11H,4-9H2,1-3H3,(H2,19,22)/t11-/m0/s1. The lowest BCUT2D eigenvalue weighted by atomic mass is 9.97. The van der Waals surface area contributed by atoms with E-state index in [0.29, 0.717) is 17.6 Å². The summed E-state index contributed by atoms with van der Waals surface area (Å²) in [5, 5.41) is 1.01. The van der Waals surface area contributed by atoms with Crippen molar-refractivity contribution in [2.24, 2.45) is 11.7 Å². The number of thiophene rings is 1. The molecule has 0 bridgehead atoms. The molecule has 0 saturated carbocycles. The van der Waals surface area contributed by atoms with Crippen molar-refractivity contribution in [3.63, 3.8) is 0 Å². The molecule has 1 aliphatic carbocycles. The summed E-state index contributed by atoms with van der Waals surface area (Å²) in [5.74, 6) is 0.102. The second-order valence-electron chi connectivity index (χ2n) is 7.09. The predicted molar refractivity (Wildman–Crippen MR) is 104 cm³/mol. The fraction of sp³-hybridized carbons (Fsp3) is 0.611. The molecule has 2 heterocycles. The molecule has 1 aliphatic rings. The number of carbonyl (C=O) groups excluding carboxylic acids is 1. The first kappa shape index (κ1) is 18.5.